The number of amides is 2. The SMILES string of the molecule is COc1ccccc1CN1CC(C(=O)Nc2ccccc2C(C)C)CC1=O. The third kappa shape index (κ3) is 4.30. The zero-order valence-corrected chi connectivity index (χ0v) is 16.1. The zero-order valence-electron chi connectivity index (χ0n) is 16.1. The number of methoxy groups -OCH3 is 1. The Morgan fingerprint density at radius 1 is 1.19 bits per heavy atom. The van der Waals surface area contributed by atoms with Crippen molar-refractivity contribution in [2.24, 2.45) is 5.92 Å². The lowest BCUT2D eigenvalue weighted by Gasteiger charge is -2.19. The minimum absolute atomic E-state index is 0.00167. The van der Waals surface area contributed by atoms with Gasteiger partial charge in [0.15, 0.2) is 0 Å². The Morgan fingerprint density at radius 2 is 1.89 bits per heavy atom. The van der Waals surface area contributed by atoms with Crippen LogP contribution in [0.15, 0.2) is 48.5 Å². The largest absolute Gasteiger partial charge is 0.496 e. The van der Waals surface area contributed by atoms with Crippen molar-refractivity contribution in [2.45, 2.75) is 32.7 Å². The highest BCUT2D eigenvalue weighted by atomic mass is 16.5. The molecule has 1 heterocycles. The Kier molecular flexibility index (Phi) is 5.79. The van der Waals surface area contributed by atoms with Crippen molar-refractivity contribution in [1.82, 2.24) is 4.90 Å². The number of benzene rings is 2. The Bertz CT molecular complexity index is 832. The molecule has 0 saturated carbocycles. The summed E-state index contributed by atoms with van der Waals surface area (Å²) < 4.78 is 5.36. The van der Waals surface area contributed by atoms with E-state index in [1.54, 1.807) is 12.0 Å². The van der Waals surface area contributed by atoms with Crippen LogP contribution in [-0.4, -0.2) is 30.4 Å². The van der Waals surface area contributed by atoms with Crippen LogP contribution in [0.2, 0.25) is 0 Å². The van der Waals surface area contributed by atoms with E-state index in [2.05, 4.69) is 19.2 Å². The molecule has 142 valence electrons. The predicted molar refractivity (Wildman–Crippen MR) is 106 cm³/mol. The molecule has 1 atom stereocenters. The summed E-state index contributed by atoms with van der Waals surface area (Å²) in [6.07, 6.45) is 0.241. The summed E-state index contributed by atoms with van der Waals surface area (Å²) in [5, 5.41) is 3.02. The van der Waals surface area contributed by atoms with E-state index in [0.717, 1.165) is 22.6 Å². The van der Waals surface area contributed by atoms with Crippen LogP contribution in [0.3, 0.4) is 0 Å². The summed E-state index contributed by atoms with van der Waals surface area (Å²) in [6.45, 7) is 5.07. The number of likely N-dealkylation sites (tertiary alicyclic amines) is 1. The molecule has 0 aliphatic carbocycles. The van der Waals surface area contributed by atoms with Gasteiger partial charge >= 0.3 is 0 Å². The number of nitrogens with one attached hydrogen (secondary N) is 1. The number of hydrogen-bond acceptors (Lipinski definition) is 3. The van der Waals surface area contributed by atoms with Gasteiger partial charge in [0.1, 0.15) is 5.75 Å². The molecule has 1 fully saturated rings. The molecule has 1 aliphatic rings. The van der Waals surface area contributed by atoms with Crippen LogP contribution in [0.4, 0.5) is 5.69 Å². The molecule has 2 aromatic carbocycles. The normalized spacial score (nSPS) is 16.7. The van der Waals surface area contributed by atoms with Crippen molar-refractivity contribution in [1.29, 1.82) is 0 Å². The molecule has 5 nitrogen and oxygen atoms in total. The first-order valence-corrected chi connectivity index (χ1v) is 9.29. The third-order valence-electron chi connectivity index (χ3n) is 4.98. The van der Waals surface area contributed by atoms with Crippen LogP contribution in [0.25, 0.3) is 0 Å². The number of nitrogens with zero attached hydrogens (tertiary/aromatic N) is 1. The standard InChI is InChI=1S/C22H26N2O3/c1-15(2)18-9-5-6-10-19(18)23-22(26)17-12-21(25)24(14-17)13-16-8-4-7-11-20(16)27-3/h4-11,15,17H,12-14H2,1-3H3,(H,23,26). The fraction of sp³-hybridized carbons (Fsp3) is 0.364. The number of carbonyl (C=O) groups excluding carboxylic acids is 2. The molecule has 2 amide bonds. The van der Waals surface area contributed by atoms with Crippen molar-refractivity contribution >= 4 is 17.5 Å². The highest BCUT2D eigenvalue weighted by molar-refractivity contribution is 5.97. The first-order valence-electron chi connectivity index (χ1n) is 9.29. The van der Waals surface area contributed by atoms with E-state index in [1.165, 1.54) is 0 Å². The second kappa shape index (κ2) is 8.25. The van der Waals surface area contributed by atoms with Gasteiger partial charge in [0.25, 0.3) is 0 Å². The van der Waals surface area contributed by atoms with Gasteiger partial charge in [-0.15, -0.1) is 0 Å². The monoisotopic (exact) mass is 366 g/mol. The molecule has 0 radical (unpaired) electrons. The maximum absolute atomic E-state index is 12.7. The maximum Gasteiger partial charge on any atom is 0.229 e. The summed E-state index contributed by atoms with van der Waals surface area (Å²) in [4.78, 5) is 26.9. The molecule has 0 bridgehead atoms. The minimum atomic E-state index is -0.340. The summed E-state index contributed by atoms with van der Waals surface area (Å²) in [5.74, 6) is 0.627. The van der Waals surface area contributed by atoms with Crippen molar-refractivity contribution in [3.05, 3.63) is 59.7 Å². The van der Waals surface area contributed by atoms with E-state index in [4.69, 9.17) is 4.74 Å². The Hall–Kier alpha value is -2.82. The van der Waals surface area contributed by atoms with Crippen LogP contribution >= 0.6 is 0 Å². The van der Waals surface area contributed by atoms with Gasteiger partial charge in [-0.05, 0) is 23.6 Å². The molecule has 1 aliphatic heterocycles. The third-order valence-corrected chi connectivity index (χ3v) is 4.98. The molecule has 27 heavy (non-hydrogen) atoms. The van der Waals surface area contributed by atoms with Crippen molar-refractivity contribution in [3.63, 3.8) is 0 Å². The average molecular weight is 366 g/mol. The number of anilines is 1. The van der Waals surface area contributed by atoms with Crippen LogP contribution in [0, 0.1) is 5.92 Å². The second-order valence-corrected chi connectivity index (χ2v) is 7.22. The average Bonchev–Trinajstić information content (AvgIpc) is 3.03. The van der Waals surface area contributed by atoms with Gasteiger partial charge in [-0.25, -0.2) is 0 Å². The zero-order chi connectivity index (χ0) is 19.4. The van der Waals surface area contributed by atoms with E-state index in [-0.39, 0.29) is 24.2 Å². The summed E-state index contributed by atoms with van der Waals surface area (Å²) in [5.41, 5.74) is 2.87. The molecular weight excluding hydrogens is 340 g/mol. The van der Waals surface area contributed by atoms with Gasteiger partial charge in [-0.1, -0.05) is 50.2 Å². The molecule has 1 unspecified atom stereocenters. The molecule has 5 heteroatoms. The van der Waals surface area contributed by atoms with E-state index in [9.17, 15) is 9.59 Å². The van der Waals surface area contributed by atoms with Gasteiger partial charge in [-0.2, -0.15) is 0 Å². The predicted octanol–water partition coefficient (Wildman–Crippen LogP) is 3.81. The van der Waals surface area contributed by atoms with E-state index in [0.29, 0.717) is 19.0 Å². The molecule has 2 aromatic rings. The van der Waals surface area contributed by atoms with Gasteiger partial charge < -0.3 is 15.0 Å². The summed E-state index contributed by atoms with van der Waals surface area (Å²) >= 11 is 0. The van der Waals surface area contributed by atoms with Crippen LogP contribution in [0.5, 0.6) is 5.75 Å². The molecule has 1 saturated heterocycles. The number of rotatable bonds is 6. The van der Waals surface area contributed by atoms with Gasteiger partial charge in [0.2, 0.25) is 11.8 Å². The molecule has 0 spiro atoms. The topological polar surface area (TPSA) is 58.6 Å². The number of para-hydroxylation sites is 2. The lowest BCUT2D eigenvalue weighted by atomic mass is 10.0. The fourth-order valence-corrected chi connectivity index (χ4v) is 3.49. The number of hydrogen-bond donors (Lipinski definition) is 1. The highest BCUT2D eigenvalue weighted by Gasteiger charge is 2.34. The van der Waals surface area contributed by atoms with E-state index in [1.807, 2.05) is 48.5 Å². The Balaban J connectivity index is 1.67. The van der Waals surface area contributed by atoms with Crippen molar-refractivity contribution < 1.29 is 14.3 Å². The van der Waals surface area contributed by atoms with Crippen molar-refractivity contribution in [3.8, 4) is 5.75 Å². The molecule has 3 rings (SSSR count). The maximum atomic E-state index is 12.7. The number of ether oxygens (including phenoxy) is 1. The molecule has 0 aromatic heterocycles. The van der Waals surface area contributed by atoms with Crippen LogP contribution in [-0.2, 0) is 16.1 Å². The van der Waals surface area contributed by atoms with Crippen LogP contribution in [0.1, 0.15) is 37.3 Å². The minimum Gasteiger partial charge on any atom is -0.496 e. The Morgan fingerprint density at radius 3 is 2.63 bits per heavy atom. The molecular formula is C22H26N2O3. The van der Waals surface area contributed by atoms with Crippen LogP contribution < -0.4 is 10.1 Å². The second-order valence-electron chi connectivity index (χ2n) is 7.22. The van der Waals surface area contributed by atoms with Gasteiger partial charge in [-0.3, -0.25) is 9.59 Å². The molecule has 1 N–H and O–H groups in total. The highest BCUT2D eigenvalue weighted by Crippen LogP contribution is 2.27. The fourth-order valence-electron chi connectivity index (χ4n) is 3.49. The smallest absolute Gasteiger partial charge is 0.229 e. The lowest BCUT2D eigenvalue weighted by Crippen LogP contribution is -2.28. The van der Waals surface area contributed by atoms with Crippen molar-refractivity contribution in [2.75, 3.05) is 19.0 Å². The lowest BCUT2D eigenvalue weighted by molar-refractivity contribution is -0.128. The van der Waals surface area contributed by atoms with E-state index >= 15 is 0 Å². The Labute approximate surface area is 160 Å². The van der Waals surface area contributed by atoms with Gasteiger partial charge in [0.05, 0.1) is 13.0 Å². The first kappa shape index (κ1) is 19.0. The van der Waals surface area contributed by atoms with Gasteiger partial charge in [0, 0.05) is 30.8 Å². The summed E-state index contributed by atoms with van der Waals surface area (Å²) in [7, 11) is 1.62. The number of carbonyl (C=O) groups is 2. The quantitative estimate of drug-likeness (QED) is 0.846. The first-order chi connectivity index (χ1) is 13.0. The van der Waals surface area contributed by atoms with E-state index < -0.39 is 0 Å². The summed E-state index contributed by atoms with van der Waals surface area (Å²) in [6, 6.07) is 15.5.